The Morgan fingerprint density at radius 1 is 0.880 bits per heavy atom. The van der Waals surface area contributed by atoms with Gasteiger partial charge in [0.25, 0.3) is 0 Å². The summed E-state index contributed by atoms with van der Waals surface area (Å²) in [6.07, 6.45) is 3.74. The predicted molar refractivity (Wildman–Crippen MR) is 99.0 cm³/mol. The lowest BCUT2D eigenvalue weighted by atomic mass is 10.1. The maximum atomic E-state index is 13.0. The minimum atomic E-state index is -0.662. The Morgan fingerprint density at radius 2 is 1.52 bits per heavy atom. The molecule has 0 N–H and O–H groups in total. The third kappa shape index (κ3) is 3.49. The average molecular weight is 355 g/mol. The summed E-state index contributed by atoms with van der Waals surface area (Å²) in [7, 11) is -0.662. The molecule has 4 rings (SSSR count). The van der Waals surface area contributed by atoms with Crippen molar-refractivity contribution >= 4 is 16.5 Å². The molecule has 6 heteroatoms. The number of rotatable bonds is 3. The highest BCUT2D eigenvalue weighted by atomic mass is 32.2. The van der Waals surface area contributed by atoms with Crippen molar-refractivity contribution in [2.24, 2.45) is 0 Å². The van der Waals surface area contributed by atoms with Gasteiger partial charge in [-0.15, -0.1) is 0 Å². The summed E-state index contributed by atoms with van der Waals surface area (Å²) in [6, 6.07) is 14.6. The summed E-state index contributed by atoms with van der Waals surface area (Å²) in [6.45, 7) is 1.68. The first-order chi connectivity index (χ1) is 12.2. The van der Waals surface area contributed by atoms with Crippen molar-refractivity contribution in [1.29, 1.82) is 0 Å². The van der Waals surface area contributed by atoms with Gasteiger partial charge >= 0.3 is 0 Å². The van der Waals surface area contributed by atoms with Crippen molar-refractivity contribution < 1.29 is 8.60 Å². The molecule has 0 spiro atoms. The molecule has 1 saturated heterocycles. The quantitative estimate of drug-likeness (QED) is 0.724. The third-order valence-electron chi connectivity index (χ3n) is 4.42. The van der Waals surface area contributed by atoms with Crippen molar-refractivity contribution in [3.63, 3.8) is 0 Å². The SMILES string of the molecule is O=S1CCN(c2ccc(-c3cnn(-c4ccc(F)cc4)c3)cc2)CC1. The van der Waals surface area contributed by atoms with Gasteiger partial charge in [-0.3, -0.25) is 4.21 Å². The second-order valence-corrected chi connectivity index (χ2v) is 7.73. The molecule has 128 valence electrons. The first-order valence-electron chi connectivity index (χ1n) is 8.20. The van der Waals surface area contributed by atoms with Crippen LogP contribution in [0.3, 0.4) is 0 Å². The topological polar surface area (TPSA) is 38.1 Å². The standard InChI is InChI=1S/C19H18FN3OS/c20-17-3-7-19(8-4-17)23-14-16(13-21-23)15-1-5-18(6-2-15)22-9-11-25(24)12-10-22/h1-8,13-14H,9-12H2. The van der Waals surface area contributed by atoms with E-state index in [2.05, 4.69) is 34.3 Å². The zero-order chi connectivity index (χ0) is 17.2. The van der Waals surface area contributed by atoms with E-state index in [9.17, 15) is 8.60 Å². The van der Waals surface area contributed by atoms with E-state index in [1.54, 1.807) is 16.8 Å². The zero-order valence-corrected chi connectivity index (χ0v) is 14.5. The van der Waals surface area contributed by atoms with E-state index >= 15 is 0 Å². The highest BCUT2D eigenvalue weighted by molar-refractivity contribution is 7.85. The van der Waals surface area contributed by atoms with Gasteiger partial charge in [-0.25, -0.2) is 9.07 Å². The molecule has 1 aliphatic heterocycles. The molecule has 0 bridgehead atoms. The summed E-state index contributed by atoms with van der Waals surface area (Å²) in [5.41, 5.74) is 4.07. The van der Waals surface area contributed by atoms with E-state index in [1.165, 1.54) is 12.1 Å². The summed E-state index contributed by atoms with van der Waals surface area (Å²) in [4.78, 5) is 2.27. The second kappa shape index (κ2) is 6.80. The van der Waals surface area contributed by atoms with E-state index in [-0.39, 0.29) is 5.82 Å². The first-order valence-corrected chi connectivity index (χ1v) is 9.69. The van der Waals surface area contributed by atoms with Crippen LogP contribution in [0.1, 0.15) is 0 Å². The van der Waals surface area contributed by atoms with Gasteiger partial charge in [-0.05, 0) is 42.0 Å². The van der Waals surface area contributed by atoms with Gasteiger partial charge in [-0.1, -0.05) is 12.1 Å². The second-order valence-electron chi connectivity index (χ2n) is 6.03. The predicted octanol–water partition coefficient (Wildman–Crippen LogP) is 3.25. The molecule has 3 aromatic rings. The van der Waals surface area contributed by atoms with Crippen molar-refractivity contribution in [1.82, 2.24) is 9.78 Å². The summed E-state index contributed by atoms with van der Waals surface area (Å²) < 4.78 is 26.2. The lowest BCUT2D eigenvalue weighted by molar-refractivity contribution is 0.627. The van der Waals surface area contributed by atoms with Crippen molar-refractivity contribution in [3.8, 4) is 16.8 Å². The Labute approximate surface area is 148 Å². The maximum Gasteiger partial charge on any atom is 0.123 e. The Hall–Kier alpha value is -2.47. The van der Waals surface area contributed by atoms with Crippen LogP contribution < -0.4 is 4.90 Å². The Kier molecular flexibility index (Phi) is 4.36. The smallest absolute Gasteiger partial charge is 0.123 e. The number of hydrogen-bond acceptors (Lipinski definition) is 3. The fourth-order valence-corrected chi connectivity index (χ4v) is 4.02. The summed E-state index contributed by atoms with van der Waals surface area (Å²) in [5, 5.41) is 4.36. The largest absolute Gasteiger partial charge is 0.370 e. The minimum Gasteiger partial charge on any atom is -0.370 e. The van der Waals surface area contributed by atoms with Gasteiger partial charge in [0, 0.05) is 52.8 Å². The number of benzene rings is 2. The molecule has 2 aromatic carbocycles. The molecule has 0 aliphatic carbocycles. The van der Waals surface area contributed by atoms with E-state index < -0.39 is 10.8 Å². The van der Waals surface area contributed by atoms with Crippen molar-refractivity contribution in [2.75, 3.05) is 29.5 Å². The van der Waals surface area contributed by atoms with Crippen LogP contribution in [-0.4, -0.2) is 38.6 Å². The number of hydrogen-bond donors (Lipinski definition) is 0. The van der Waals surface area contributed by atoms with Gasteiger partial charge in [-0.2, -0.15) is 5.10 Å². The molecule has 4 nitrogen and oxygen atoms in total. The highest BCUT2D eigenvalue weighted by Crippen LogP contribution is 2.24. The van der Waals surface area contributed by atoms with Crippen LogP contribution in [0.25, 0.3) is 16.8 Å². The average Bonchev–Trinajstić information content (AvgIpc) is 3.13. The monoisotopic (exact) mass is 355 g/mol. The molecule has 0 saturated carbocycles. The molecular weight excluding hydrogens is 337 g/mol. The summed E-state index contributed by atoms with van der Waals surface area (Å²) in [5.74, 6) is 1.23. The fourth-order valence-electron chi connectivity index (χ4n) is 2.97. The lowest BCUT2D eigenvalue weighted by Crippen LogP contribution is -2.37. The highest BCUT2D eigenvalue weighted by Gasteiger charge is 2.15. The Bertz CT molecular complexity index is 880. The van der Waals surface area contributed by atoms with Gasteiger partial charge in [0.05, 0.1) is 11.9 Å². The van der Waals surface area contributed by atoms with Gasteiger partial charge in [0.1, 0.15) is 5.82 Å². The molecular formula is C19H18FN3OS. The number of aromatic nitrogens is 2. The van der Waals surface area contributed by atoms with Crippen molar-refractivity contribution in [2.45, 2.75) is 0 Å². The fraction of sp³-hybridized carbons (Fsp3) is 0.211. The summed E-state index contributed by atoms with van der Waals surface area (Å²) >= 11 is 0. The molecule has 1 aliphatic rings. The van der Waals surface area contributed by atoms with Gasteiger partial charge in [0.15, 0.2) is 0 Å². The molecule has 1 aromatic heterocycles. The minimum absolute atomic E-state index is 0.256. The normalized spacial score (nSPS) is 15.5. The van der Waals surface area contributed by atoms with Crippen LogP contribution >= 0.6 is 0 Å². The van der Waals surface area contributed by atoms with Crippen LogP contribution in [0.5, 0.6) is 0 Å². The van der Waals surface area contributed by atoms with Gasteiger partial charge in [0.2, 0.25) is 0 Å². The molecule has 2 heterocycles. The van der Waals surface area contributed by atoms with Crippen LogP contribution in [-0.2, 0) is 10.8 Å². The van der Waals surface area contributed by atoms with Crippen LogP contribution in [0.2, 0.25) is 0 Å². The van der Waals surface area contributed by atoms with E-state index in [1.807, 2.05) is 12.4 Å². The van der Waals surface area contributed by atoms with Crippen molar-refractivity contribution in [3.05, 3.63) is 66.7 Å². The van der Waals surface area contributed by atoms with E-state index in [0.717, 1.165) is 47.1 Å². The molecule has 0 unspecified atom stereocenters. The molecule has 0 radical (unpaired) electrons. The Morgan fingerprint density at radius 3 is 2.20 bits per heavy atom. The molecule has 0 amide bonds. The molecule has 0 atom stereocenters. The van der Waals surface area contributed by atoms with E-state index in [4.69, 9.17) is 0 Å². The molecule has 25 heavy (non-hydrogen) atoms. The third-order valence-corrected chi connectivity index (χ3v) is 5.69. The number of anilines is 1. The lowest BCUT2D eigenvalue weighted by Gasteiger charge is -2.28. The van der Waals surface area contributed by atoms with Crippen LogP contribution in [0.15, 0.2) is 60.9 Å². The molecule has 1 fully saturated rings. The van der Waals surface area contributed by atoms with Crippen LogP contribution in [0.4, 0.5) is 10.1 Å². The first kappa shape index (κ1) is 16.0. The zero-order valence-electron chi connectivity index (χ0n) is 13.6. The maximum absolute atomic E-state index is 13.0. The van der Waals surface area contributed by atoms with Gasteiger partial charge < -0.3 is 4.90 Å². The Balaban J connectivity index is 1.52. The number of halogens is 1. The van der Waals surface area contributed by atoms with Crippen LogP contribution in [0, 0.1) is 5.82 Å². The van der Waals surface area contributed by atoms with E-state index in [0.29, 0.717) is 0 Å². The number of nitrogens with zero attached hydrogens (tertiary/aromatic N) is 3.